The molecular formula is C12H7Br. The van der Waals surface area contributed by atoms with Crippen molar-refractivity contribution in [1.29, 1.82) is 0 Å². The maximum atomic E-state index is 5.36. The highest BCUT2D eigenvalue weighted by Gasteiger charge is 1.98. The topological polar surface area (TPSA) is 0 Å². The molecule has 0 bridgehead atoms. The third-order valence-corrected chi connectivity index (χ3v) is 2.65. The minimum Gasteiger partial charge on any atom is -0.115 e. The van der Waals surface area contributed by atoms with E-state index in [9.17, 15) is 0 Å². The summed E-state index contributed by atoms with van der Waals surface area (Å²) in [6.45, 7) is 0. The zero-order valence-electron chi connectivity index (χ0n) is 6.92. The molecule has 0 atom stereocenters. The van der Waals surface area contributed by atoms with E-state index in [2.05, 4.69) is 34.0 Å². The third-order valence-electron chi connectivity index (χ3n) is 1.99. The van der Waals surface area contributed by atoms with Crippen molar-refractivity contribution < 1.29 is 0 Å². The van der Waals surface area contributed by atoms with Crippen LogP contribution in [0.25, 0.3) is 10.8 Å². The lowest BCUT2D eigenvalue weighted by atomic mass is 10.1. The average Bonchev–Trinajstić information content (AvgIpc) is 2.17. The molecule has 0 saturated carbocycles. The Morgan fingerprint density at radius 3 is 2.31 bits per heavy atom. The summed E-state index contributed by atoms with van der Waals surface area (Å²) in [5, 5.41) is 2.38. The average molecular weight is 231 g/mol. The first-order valence-electron chi connectivity index (χ1n) is 3.96. The van der Waals surface area contributed by atoms with E-state index in [-0.39, 0.29) is 0 Å². The minimum atomic E-state index is 0.902. The Bertz CT molecular complexity index is 492. The molecule has 0 fully saturated rings. The lowest BCUT2D eigenvalue weighted by molar-refractivity contribution is 1.64. The second-order valence-electron chi connectivity index (χ2n) is 2.82. The first-order chi connectivity index (χ1) is 6.31. The maximum absolute atomic E-state index is 5.36. The van der Waals surface area contributed by atoms with Gasteiger partial charge in [-0.3, -0.25) is 0 Å². The molecule has 0 aromatic heterocycles. The molecule has 0 nitrogen and oxygen atoms in total. The van der Waals surface area contributed by atoms with Crippen molar-refractivity contribution in [3.8, 4) is 12.3 Å². The molecule has 2 aromatic carbocycles. The number of hydrogen-bond donors (Lipinski definition) is 0. The SMILES string of the molecule is C#Cc1cc2ccccc2cc1Br. The lowest BCUT2D eigenvalue weighted by Crippen LogP contribution is -1.78. The number of halogens is 1. The summed E-state index contributed by atoms with van der Waals surface area (Å²) in [6, 6.07) is 12.2. The van der Waals surface area contributed by atoms with Crippen LogP contribution in [0.1, 0.15) is 5.56 Å². The zero-order chi connectivity index (χ0) is 9.26. The van der Waals surface area contributed by atoms with E-state index in [4.69, 9.17) is 6.42 Å². The molecule has 0 heterocycles. The normalized spacial score (nSPS) is 9.85. The van der Waals surface area contributed by atoms with E-state index >= 15 is 0 Å². The fraction of sp³-hybridized carbons (Fsp3) is 0. The van der Waals surface area contributed by atoms with E-state index < -0.39 is 0 Å². The number of terminal acetylenes is 1. The van der Waals surface area contributed by atoms with Crippen molar-refractivity contribution >= 4 is 26.7 Å². The van der Waals surface area contributed by atoms with Gasteiger partial charge in [-0.1, -0.05) is 30.2 Å². The molecule has 0 N–H and O–H groups in total. The fourth-order valence-electron chi connectivity index (χ4n) is 1.32. The Morgan fingerprint density at radius 1 is 1.08 bits per heavy atom. The van der Waals surface area contributed by atoms with Crippen LogP contribution in [0.15, 0.2) is 40.9 Å². The number of rotatable bonds is 0. The van der Waals surface area contributed by atoms with Crippen LogP contribution in [0.3, 0.4) is 0 Å². The Kier molecular flexibility index (Phi) is 2.08. The van der Waals surface area contributed by atoms with Crippen molar-refractivity contribution in [3.63, 3.8) is 0 Å². The molecule has 0 aliphatic rings. The minimum absolute atomic E-state index is 0.902. The Balaban J connectivity index is 2.83. The van der Waals surface area contributed by atoms with Gasteiger partial charge < -0.3 is 0 Å². The summed E-state index contributed by atoms with van der Waals surface area (Å²) in [4.78, 5) is 0. The molecule has 0 unspecified atom stereocenters. The van der Waals surface area contributed by atoms with Gasteiger partial charge in [0.15, 0.2) is 0 Å². The molecule has 0 aliphatic heterocycles. The van der Waals surface area contributed by atoms with Gasteiger partial charge in [-0.2, -0.15) is 0 Å². The van der Waals surface area contributed by atoms with Crippen LogP contribution < -0.4 is 0 Å². The molecule has 0 spiro atoms. The van der Waals surface area contributed by atoms with Crippen LogP contribution >= 0.6 is 15.9 Å². The predicted octanol–water partition coefficient (Wildman–Crippen LogP) is 3.58. The molecule has 0 radical (unpaired) electrons. The Labute approximate surface area is 85.7 Å². The Morgan fingerprint density at radius 2 is 1.69 bits per heavy atom. The van der Waals surface area contributed by atoms with Crippen LogP contribution in [0.2, 0.25) is 0 Å². The highest BCUT2D eigenvalue weighted by Crippen LogP contribution is 2.23. The summed E-state index contributed by atoms with van der Waals surface area (Å²) >= 11 is 3.44. The van der Waals surface area contributed by atoms with Crippen molar-refractivity contribution in [2.45, 2.75) is 0 Å². The summed E-state index contributed by atoms with van der Waals surface area (Å²) in [6.07, 6.45) is 5.36. The van der Waals surface area contributed by atoms with E-state index in [1.54, 1.807) is 0 Å². The summed E-state index contributed by atoms with van der Waals surface area (Å²) in [5.74, 6) is 2.64. The van der Waals surface area contributed by atoms with Gasteiger partial charge in [0.05, 0.1) is 0 Å². The standard InChI is InChI=1S/C12H7Br/c1-2-9-7-10-5-3-4-6-11(10)8-12(9)13/h1,3-8H. The fourth-order valence-corrected chi connectivity index (χ4v) is 1.80. The van der Waals surface area contributed by atoms with Crippen molar-refractivity contribution in [2.75, 3.05) is 0 Å². The monoisotopic (exact) mass is 230 g/mol. The number of fused-ring (bicyclic) bond motifs is 1. The first-order valence-corrected chi connectivity index (χ1v) is 4.75. The largest absolute Gasteiger partial charge is 0.115 e. The van der Waals surface area contributed by atoms with Crippen molar-refractivity contribution in [3.05, 3.63) is 46.4 Å². The lowest BCUT2D eigenvalue weighted by Gasteiger charge is -2.00. The highest BCUT2D eigenvalue weighted by atomic mass is 79.9. The Hall–Kier alpha value is -1.26. The van der Waals surface area contributed by atoms with E-state index in [1.165, 1.54) is 10.8 Å². The molecule has 62 valence electrons. The van der Waals surface area contributed by atoms with E-state index in [0.717, 1.165) is 10.0 Å². The first kappa shape index (κ1) is 8.34. The molecule has 13 heavy (non-hydrogen) atoms. The van der Waals surface area contributed by atoms with Gasteiger partial charge in [-0.15, -0.1) is 6.42 Å². The predicted molar refractivity (Wildman–Crippen MR) is 59.6 cm³/mol. The zero-order valence-corrected chi connectivity index (χ0v) is 8.51. The van der Waals surface area contributed by atoms with Gasteiger partial charge in [0, 0.05) is 10.0 Å². The number of hydrogen-bond acceptors (Lipinski definition) is 0. The molecule has 2 rings (SSSR count). The van der Waals surface area contributed by atoms with Crippen molar-refractivity contribution in [2.24, 2.45) is 0 Å². The van der Waals surface area contributed by atoms with E-state index in [0.29, 0.717) is 0 Å². The second-order valence-corrected chi connectivity index (χ2v) is 3.68. The quantitative estimate of drug-likeness (QED) is 0.608. The molecule has 2 aromatic rings. The highest BCUT2D eigenvalue weighted by molar-refractivity contribution is 9.10. The second kappa shape index (κ2) is 3.24. The molecular weight excluding hydrogens is 224 g/mol. The summed E-state index contributed by atoms with van der Waals surface area (Å²) in [7, 11) is 0. The maximum Gasteiger partial charge on any atom is 0.0391 e. The smallest absolute Gasteiger partial charge is 0.0391 e. The van der Waals surface area contributed by atoms with Crippen molar-refractivity contribution in [1.82, 2.24) is 0 Å². The van der Waals surface area contributed by atoms with Gasteiger partial charge in [0.25, 0.3) is 0 Å². The van der Waals surface area contributed by atoms with Crippen LogP contribution in [-0.2, 0) is 0 Å². The molecule has 0 saturated heterocycles. The molecule has 0 aliphatic carbocycles. The van der Waals surface area contributed by atoms with E-state index in [1.807, 2.05) is 24.3 Å². The molecule has 0 amide bonds. The summed E-state index contributed by atoms with van der Waals surface area (Å²) < 4.78 is 0.980. The van der Waals surface area contributed by atoms with Crippen LogP contribution in [0.4, 0.5) is 0 Å². The van der Waals surface area contributed by atoms with Crippen LogP contribution in [0, 0.1) is 12.3 Å². The molecule has 1 heteroatoms. The van der Waals surface area contributed by atoms with Gasteiger partial charge in [-0.05, 0) is 38.8 Å². The number of benzene rings is 2. The van der Waals surface area contributed by atoms with Gasteiger partial charge in [-0.25, -0.2) is 0 Å². The van der Waals surface area contributed by atoms with Gasteiger partial charge >= 0.3 is 0 Å². The van der Waals surface area contributed by atoms with Crippen LogP contribution in [-0.4, -0.2) is 0 Å². The summed E-state index contributed by atoms with van der Waals surface area (Å²) in [5.41, 5.74) is 0.902. The van der Waals surface area contributed by atoms with Gasteiger partial charge in [0.1, 0.15) is 0 Å². The third kappa shape index (κ3) is 1.46. The van der Waals surface area contributed by atoms with Gasteiger partial charge in [0.2, 0.25) is 0 Å². The van der Waals surface area contributed by atoms with Crippen LogP contribution in [0.5, 0.6) is 0 Å².